The number of rotatable bonds is 7. The summed E-state index contributed by atoms with van der Waals surface area (Å²) in [4.78, 5) is 35.0. The van der Waals surface area contributed by atoms with E-state index in [0.717, 1.165) is 12.0 Å². The van der Waals surface area contributed by atoms with Crippen LogP contribution in [0.4, 0.5) is 11.4 Å². The van der Waals surface area contributed by atoms with E-state index in [-0.39, 0.29) is 17.7 Å². The minimum atomic E-state index is -1.05. The highest BCUT2D eigenvalue weighted by Crippen LogP contribution is 2.38. The van der Waals surface area contributed by atoms with Crippen molar-refractivity contribution in [2.75, 3.05) is 17.2 Å². The standard InChI is InChI=1S/C21H22N2O5/c1-12-10-17(12)21(27)22-15-5-3-14(4-6-15)20(26)23-18-8-7-16(9-13(18)2)28-11-19(24)25/h3-9,12,17H,10-11H2,1-2H3,(H,22,27)(H,23,26)(H,24,25). The SMILES string of the molecule is Cc1cc(OCC(=O)O)ccc1NC(=O)c1ccc(NC(=O)C2CC2C)cc1. The smallest absolute Gasteiger partial charge is 0.341 e. The lowest BCUT2D eigenvalue weighted by Gasteiger charge is -2.11. The highest BCUT2D eigenvalue weighted by molar-refractivity contribution is 6.05. The molecule has 3 N–H and O–H groups in total. The molecule has 1 fully saturated rings. The number of aliphatic carboxylic acids is 1. The van der Waals surface area contributed by atoms with Crippen molar-refractivity contribution in [1.29, 1.82) is 0 Å². The molecule has 3 rings (SSSR count). The second kappa shape index (κ2) is 8.12. The van der Waals surface area contributed by atoms with Crippen molar-refractivity contribution in [3.05, 3.63) is 53.6 Å². The third-order valence-corrected chi connectivity index (χ3v) is 4.67. The van der Waals surface area contributed by atoms with Crippen LogP contribution in [0.1, 0.15) is 29.3 Å². The van der Waals surface area contributed by atoms with Gasteiger partial charge in [-0.1, -0.05) is 6.92 Å². The third-order valence-electron chi connectivity index (χ3n) is 4.67. The number of benzene rings is 2. The Labute approximate surface area is 162 Å². The van der Waals surface area contributed by atoms with Gasteiger partial charge in [-0.05, 0) is 67.3 Å². The maximum Gasteiger partial charge on any atom is 0.341 e. The van der Waals surface area contributed by atoms with E-state index in [2.05, 4.69) is 10.6 Å². The van der Waals surface area contributed by atoms with Crippen LogP contribution < -0.4 is 15.4 Å². The first kappa shape index (κ1) is 19.4. The van der Waals surface area contributed by atoms with E-state index in [9.17, 15) is 14.4 Å². The van der Waals surface area contributed by atoms with Crippen molar-refractivity contribution in [1.82, 2.24) is 0 Å². The molecule has 1 aliphatic rings. The van der Waals surface area contributed by atoms with E-state index in [0.29, 0.717) is 28.6 Å². The monoisotopic (exact) mass is 382 g/mol. The van der Waals surface area contributed by atoms with E-state index in [1.807, 2.05) is 6.92 Å². The van der Waals surface area contributed by atoms with E-state index in [4.69, 9.17) is 9.84 Å². The van der Waals surface area contributed by atoms with Crippen LogP contribution in [0, 0.1) is 18.8 Å². The van der Waals surface area contributed by atoms with Gasteiger partial charge in [0, 0.05) is 22.9 Å². The van der Waals surface area contributed by atoms with Gasteiger partial charge < -0.3 is 20.5 Å². The van der Waals surface area contributed by atoms with E-state index in [1.54, 1.807) is 49.4 Å². The first-order chi connectivity index (χ1) is 13.3. The summed E-state index contributed by atoms with van der Waals surface area (Å²) in [5.41, 5.74) is 2.48. The Morgan fingerprint density at radius 1 is 1.11 bits per heavy atom. The van der Waals surface area contributed by atoms with Crippen LogP contribution in [0.5, 0.6) is 5.75 Å². The van der Waals surface area contributed by atoms with Gasteiger partial charge in [0.15, 0.2) is 6.61 Å². The van der Waals surface area contributed by atoms with E-state index < -0.39 is 12.6 Å². The lowest BCUT2D eigenvalue weighted by Crippen LogP contribution is -2.15. The summed E-state index contributed by atoms with van der Waals surface area (Å²) in [6, 6.07) is 11.6. The van der Waals surface area contributed by atoms with E-state index >= 15 is 0 Å². The fraction of sp³-hybridized carbons (Fsp3) is 0.286. The quantitative estimate of drug-likeness (QED) is 0.681. The molecule has 0 spiro atoms. The van der Waals surface area contributed by atoms with Gasteiger partial charge in [0.2, 0.25) is 5.91 Å². The summed E-state index contributed by atoms with van der Waals surface area (Å²) in [5, 5.41) is 14.3. The predicted molar refractivity (Wildman–Crippen MR) is 105 cm³/mol. The van der Waals surface area contributed by atoms with Gasteiger partial charge in [-0.25, -0.2) is 4.79 Å². The summed E-state index contributed by atoms with van der Waals surface area (Å²) in [7, 11) is 0. The Balaban J connectivity index is 1.59. The maximum atomic E-state index is 12.5. The Hall–Kier alpha value is -3.35. The number of hydrogen-bond donors (Lipinski definition) is 3. The van der Waals surface area contributed by atoms with Crippen LogP contribution in [-0.2, 0) is 9.59 Å². The molecule has 1 saturated carbocycles. The molecule has 1 aliphatic carbocycles. The lowest BCUT2D eigenvalue weighted by atomic mass is 10.1. The molecule has 0 heterocycles. The van der Waals surface area contributed by atoms with Crippen molar-refractivity contribution in [2.24, 2.45) is 11.8 Å². The van der Waals surface area contributed by atoms with Crippen molar-refractivity contribution in [3.8, 4) is 5.75 Å². The first-order valence-electron chi connectivity index (χ1n) is 9.01. The largest absolute Gasteiger partial charge is 0.482 e. The van der Waals surface area contributed by atoms with Gasteiger partial charge >= 0.3 is 5.97 Å². The number of carboxylic acids is 1. The zero-order chi connectivity index (χ0) is 20.3. The number of carbonyl (C=O) groups is 3. The molecule has 0 aliphatic heterocycles. The van der Waals surface area contributed by atoms with Crippen LogP contribution >= 0.6 is 0 Å². The Morgan fingerprint density at radius 2 is 1.79 bits per heavy atom. The summed E-state index contributed by atoms with van der Waals surface area (Å²) >= 11 is 0. The summed E-state index contributed by atoms with van der Waals surface area (Å²) in [6.45, 7) is 3.42. The number of anilines is 2. The summed E-state index contributed by atoms with van der Waals surface area (Å²) in [6.07, 6.45) is 0.922. The Kier molecular flexibility index (Phi) is 5.63. The molecule has 7 nitrogen and oxygen atoms in total. The molecule has 2 aromatic rings. The first-order valence-corrected chi connectivity index (χ1v) is 9.01. The van der Waals surface area contributed by atoms with Crippen molar-refractivity contribution in [3.63, 3.8) is 0 Å². The Morgan fingerprint density at radius 3 is 2.36 bits per heavy atom. The molecule has 2 unspecified atom stereocenters. The molecule has 2 atom stereocenters. The fourth-order valence-electron chi connectivity index (χ4n) is 2.83. The number of amides is 2. The number of aryl methyl sites for hydroxylation is 1. The molecule has 7 heteroatoms. The highest BCUT2D eigenvalue weighted by atomic mass is 16.5. The molecule has 146 valence electrons. The number of ether oxygens (including phenoxy) is 1. The zero-order valence-electron chi connectivity index (χ0n) is 15.7. The second-order valence-corrected chi connectivity index (χ2v) is 7.00. The average Bonchev–Trinajstić information content (AvgIpc) is 3.39. The fourth-order valence-corrected chi connectivity index (χ4v) is 2.83. The predicted octanol–water partition coefficient (Wildman–Crippen LogP) is 3.31. The molecule has 0 radical (unpaired) electrons. The summed E-state index contributed by atoms with van der Waals surface area (Å²) < 4.78 is 5.12. The average molecular weight is 382 g/mol. The van der Waals surface area contributed by atoms with Crippen LogP contribution in [0.3, 0.4) is 0 Å². The summed E-state index contributed by atoms with van der Waals surface area (Å²) in [5.74, 6) is -0.367. The number of carbonyl (C=O) groups excluding carboxylic acids is 2. The molecule has 0 bridgehead atoms. The topological polar surface area (TPSA) is 105 Å². The van der Waals surface area contributed by atoms with Gasteiger partial charge in [0.1, 0.15) is 5.75 Å². The van der Waals surface area contributed by atoms with Gasteiger partial charge in [-0.3, -0.25) is 9.59 Å². The molecule has 2 aromatic carbocycles. The minimum Gasteiger partial charge on any atom is -0.482 e. The molecule has 28 heavy (non-hydrogen) atoms. The van der Waals surface area contributed by atoms with Crippen LogP contribution in [-0.4, -0.2) is 29.5 Å². The number of nitrogens with one attached hydrogen (secondary N) is 2. The van der Waals surface area contributed by atoms with Crippen LogP contribution in [0.25, 0.3) is 0 Å². The zero-order valence-corrected chi connectivity index (χ0v) is 15.7. The molecular formula is C21H22N2O5. The van der Waals surface area contributed by atoms with Crippen molar-refractivity contribution < 1.29 is 24.2 Å². The maximum absolute atomic E-state index is 12.5. The molecule has 2 amide bonds. The van der Waals surface area contributed by atoms with Crippen molar-refractivity contribution in [2.45, 2.75) is 20.3 Å². The van der Waals surface area contributed by atoms with Crippen LogP contribution in [0.2, 0.25) is 0 Å². The van der Waals surface area contributed by atoms with Gasteiger partial charge in [-0.15, -0.1) is 0 Å². The molecule has 0 saturated heterocycles. The van der Waals surface area contributed by atoms with Gasteiger partial charge in [-0.2, -0.15) is 0 Å². The van der Waals surface area contributed by atoms with Gasteiger partial charge in [0.25, 0.3) is 5.91 Å². The second-order valence-electron chi connectivity index (χ2n) is 7.00. The van der Waals surface area contributed by atoms with E-state index in [1.165, 1.54) is 0 Å². The Bertz CT molecular complexity index is 908. The molecular weight excluding hydrogens is 360 g/mol. The van der Waals surface area contributed by atoms with Crippen LogP contribution in [0.15, 0.2) is 42.5 Å². The normalized spacial score (nSPS) is 17.5. The third kappa shape index (κ3) is 4.88. The highest BCUT2D eigenvalue weighted by Gasteiger charge is 2.39. The van der Waals surface area contributed by atoms with Gasteiger partial charge in [0.05, 0.1) is 0 Å². The molecule has 0 aromatic heterocycles. The lowest BCUT2D eigenvalue weighted by molar-refractivity contribution is -0.139. The number of carboxylic acid groups (broad SMARTS) is 1. The number of hydrogen-bond acceptors (Lipinski definition) is 4. The minimum absolute atomic E-state index is 0.0190. The van der Waals surface area contributed by atoms with Crippen molar-refractivity contribution >= 4 is 29.2 Å².